The van der Waals surface area contributed by atoms with E-state index in [1.807, 2.05) is 6.92 Å². The average molecular weight is 308 g/mol. The van der Waals surface area contributed by atoms with Crippen LogP contribution in [0.25, 0.3) is 0 Å². The predicted molar refractivity (Wildman–Crippen MR) is 80.9 cm³/mol. The highest BCUT2D eigenvalue weighted by molar-refractivity contribution is 7.10. The summed E-state index contributed by atoms with van der Waals surface area (Å²) in [4.78, 5) is 10.3. The molecule has 0 aliphatic carbocycles. The molecule has 0 spiro atoms. The summed E-state index contributed by atoms with van der Waals surface area (Å²) in [7, 11) is 0. The molecule has 0 unspecified atom stereocenters. The summed E-state index contributed by atoms with van der Waals surface area (Å²) in [5.41, 5.74) is 1.56. The number of aromatic nitrogens is 2. The summed E-state index contributed by atoms with van der Waals surface area (Å²) in [5.74, 6) is 0.485. The lowest BCUT2D eigenvalue weighted by Crippen LogP contribution is -2.04. The minimum atomic E-state index is -0.440. The zero-order valence-corrected chi connectivity index (χ0v) is 12.6. The molecule has 0 atom stereocenters. The molecule has 1 aromatic carbocycles. The summed E-state index contributed by atoms with van der Waals surface area (Å²) in [6.45, 7) is 4.98. The number of aryl methyl sites for hydroxylation is 1. The monoisotopic (exact) mass is 308 g/mol. The van der Waals surface area contributed by atoms with Gasteiger partial charge in [0.05, 0.1) is 11.0 Å². The Labute approximate surface area is 126 Å². The van der Waals surface area contributed by atoms with Crippen LogP contribution in [0.3, 0.4) is 0 Å². The molecule has 7 nitrogen and oxygen atoms in total. The first-order chi connectivity index (χ1) is 10.1. The Balaban J connectivity index is 2.08. The van der Waals surface area contributed by atoms with Crippen LogP contribution in [0.5, 0.6) is 5.75 Å². The van der Waals surface area contributed by atoms with Crippen molar-refractivity contribution in [2.75, 3.05) is 11.9 Å². The van der Waals surface area contributed by atoms with Crippen molar-refractivity contribution in [3.8, 4) is 5.75 Å². The van der Waals surface area contributed by atoms with Gasteiger partial charge in [0, 0.05) is 24.1 Å². The van der Waals surface area contributed by atoms with Crippen molar-refractivity contribution in [1.29, 1.82) is 0 Å². The number of hydrogen-bond donors (Lipinski definition) is 1. The second kappa shape index (κ2) is 6.98. The topological polar surface area (TPSA) is 90.2 Å². The molecule has 8 heteroatoms. The van der Waals surface area contributed by atoms with Gasteiger partial charge in [0.25, 0.3) is 5.69 Å². The number of ether oxygens (including phenoxy) is 1. The van der Waals surface area contributed by atoms with Gasteiger partial charge in [-0.3, -0.25) is 10.1 Å². The third kappa shape index (κ3) is 3.88. The Kier molecular flexibility index (Phi) is 5.04. The Morgan fingerprint density at radius 3 is 3.00 bits per heavy atom. The van der Waals surface area contributed by atoms with Crippen molar-refractivity contribution in [1.82, 2.24) is 9.59 Å². The highest BCUT2D eigenvalue weighted by Crippen LogP contribution is 2.26. The molecule has 0 amide bonds. The Bertz CT molecular complexity index is 630. The number of hydrogen-bond acceptors (Lipinski definition) is 7. The lowest BCUT2D eigenvalue weighted by Gasteiger charge is -2.08. The summed E-state index contributed by atoms with van der Waals surface area (Å²) < 4.78 is 9.55. The first kappa shape index (κ1) is 15.2. The molecule has 1 heterocycles. The van der Waals surface area contributed by atoms with E-state index >= 15 is 0 Å². The van der Waals surface area contributed by atoms with Gasteiger partial charge in [-0.05, 0) is 25.0 Å². The van der Waals surface area contributed by atoms with Crippen molar-refractivity contribution < 1.29 is 9.66 Å². The number of rotatable bonds is 7. The van der Waals surface area contributed by atoms with Gasteiger partial charge in [-0.15, -0.1) is 5.10 Å². The van der Waals surface area contributed by atoms with Crippen molar-refractivity contribution in [3.05, 3.63) is 39.6 Å². The Hall–Kier alpha value is -2.22. The van der Waals surface area contributed by atoms with E-state index in [1.165, 1.54) is 23.7 Å². The standard InChI is InChI=1S/C13H16N4O3S/c1-3-6-14-13-11(15-16-21-13)8-20-12-7-10(17(18)19)5-4-9(12)2/h4-5,7,14H,3,6,8H2,1-2H3. The first-order valence-electron chi connectivity index (χ1n) is 6.54. The van der Waals surface area contributed by atoms with E-state index in [1.54, 1.807) is 6.07 Å². The maximum absolute atomic E-state index is 10.8. The maximum atomic E-state index is 10.8. The highest BCUT2D eigenvalue weighted by Gasteiger charge is 2.12. The van der Waals surface area contributed by atoms with Crippen molar-refractivity contribution in [3.63, 3.8) is 0 Å². The van der Waals surface area contributed by atoms with E-state index in [2.05, 4.69) is 21.8 Å². The Morgan fingerprint density at radius 2 is 2.29 bits per heavy atom. The summed E-state index contributed by atoms with van der Waals surface area (Å²) in [5, 5.41) is 18.9. The molecule has 0 aliphatic heterocycles. The van der Waals surface area contributed by atoms with Crippen LogP contribution in [0.1, 0.15) is 24.6 Å². The minimum absolute atomic E-state index is 0.0105. The van der Waals surface area contributed by atoms with Gasteiger partial charge in [0.2, 0.25) is 0 Å². The van der Waals surface area contributed by atoms with E-state index in [0.29, 0.717) is 11.4 Å². The van der Waals surface area contributed by atoms with Crippen LogP contribution < -0.4 is 10.1 Å². The van der Waals surface area contributed by atoms with Gasteiger partial charge < -0.3 is 10.1 Å². The fraction of sp³-hybridized carbons (Fsp3) is 0.385. The second-order valence-electron chi connectivity index (χ2n) is 4.47. The smallest absolute Gasteiger partial charge is 0.273 e. The third-order valence-corrected chi connectivity index (χ3v) is 3.56. The van der Waals surface area contributed by atoms with Crippen LogP contribution in [-0.4, -0.2) is 21.1 Å². The van der Waals surface area contributed by atoms with Crippen molar-refractivity contribution in [2.45, 2.75) is 26.9 Å². The molecule has 0 saturated carbocycles. The van der Waals surface area contributed by atoms with Crippen LogP contribution in [0.4, 0.5) is 10.7 Å². The predicted octanol–water partition coefficient (Wildman–Crippen LogP) is 3.16. The Morgan fingerprint density at radius 1 is 1.48 bits per heavy atom. The number of nitrogens with one attached hydrogen (secondary N) is 1. The minimum Gasteiger partial charge on any atom is -0.487 e. The lowest BCUT2D eigenvalue weighted by molar-refractivity contribution is -0.385. The van der Waals surface area contributed by atoms with Gasteiger partial charge in [-0.1, -0.05) is 11.4 Å². The zero-order chi connectivity index (χ0) is 15.2. The summed E-state index contributed by atoms with van der Waals surface area (Å²) in [6.07, 6.45) is 1.00. The van der Waals surface area contributed by atoms with Crippen molar-refractivity contribution >= 4 is 22.2 Å². The van der Waals surface area contributed by atoms with Crippen LogP contribution in [-0.2, 0) is 6.61 Å². The number of nitro groups is 1. The SMILES string of the molecule is CCCNc1snnc1COc1cc([N+](=O)[O-])ccc1C. The number of nitro benzene ring substituents is 1. The fourth-order valence-electron chi connectivity index (χ4n) is 1.68. The molecule has 21 heavy (non-hydrogen) atoms. The largest absolute Gasteiger partial charge is 0.487 e. The van der Waals surface area contributed by atoms with Gasteiger partial charge in [0.15, 0.2) is 0 Å². The molecular formula is C13H16N4O3S. The molecule has 1 N–H and O–H groups in total. The van der Waals surface area contributed by atoms with E-state index < -0.39 is 4.92 Å². The van der Waals surface area contributed by atoms with E-state index in [0.717, 1.165) is 23.5 Å². The average Bonchev–Trinajstić information content (AvgIpc) is 2.91. The molecule has 2 aromatic rings. The highest BCUT2D eigenvalue weighted by atomic mass is 32.1. The van der Waals surface area contributed by atoms with Gasteiger partial charge >= 0.3 is 0 Å². The van der Waals surface area contributed by atoms with Crippen molar-refractivity contribution in [2.24, 2.45) is 0 Å². The molecular weight excluding hydrogens is 292 g/mol. The molecule has 112 valence electrons. The molecule has 0 bridgehead atoms. The van der Waals surface area contributed by atoms with E-state index in [-0.39, 0.29) is 12.3 Å². The van der Waals surface area contributed by atoms with E-state index in [4.69, 9.17) is 4.74 Å². The lowest BCUT2D eigenvalue weighted by atomic mass is 10.2. The third-order valence-electron chi connectivity index (χ3n) is 2.84. The molecule has 0 saturated heterocycles. The van der Waals surface area contributed by atoms with Crippen LogP contribution >= 0.6 is 11.5 Å². The van der Waals surface area contributed by atoms with Gasteiger partial charge in [-0.25, -0.2) is 0 Å². The number of anilines is 1. The van der Waals surface area contributed by atoms with Crippen LogP contribution in [0.15, 0.2) is 18.2 Å². The fourth-order valence-corrected chi connectivity index (χ4v) is 2.27. The molecule has 0 aliphatic rings. The molecule has 0 fully saturated rings. The first-order valence-corrected chi connectivity index (χ1v) is 7.32. The normalized spacial score (nSPS) is 10.4. The van der Waals surface area contributed by atoms with Crippen LogP contribution in [0.2, 0.25) is 0 Å². The number of benzene rings is 1. The maximum Gasteiger partial charge on any atom is 0.273 e. The van der Waals surface area contributed by atoms with Gasteiger partial charge in [-0.2, -0.15) is 0 Å². The molecule has 2 rings (SSSR count). The van der Waals surface area contributed by atoms with Gasteiger partial charge in [0.1, 0.15) is 23.1 Å². The number of non-ortho nitro benzene ring substituents is 1. The zero-order valence-electron chi connectivity index (χ0n) is 11.8. The van der Waals surface area contributed by atoms with Crippen LogP contribution in [0, 0.1) is 17.0 Å². The summed E-state index contributed by atoms with van der Waals surface area (Å²) >= 11 is 1.28. The quantitative estimate of drug-likeness (QED) is 0.624. The molecule has 0 radical (unpaired) electrons. The second-order valence-corrected chi connectivity index (χ2v) is 5.23. The van der Waals surface area contributed by atoms with E-state index in [9.17, 15) is 10.1 Å². The number of nitrogens with zero attached hydrogens (tertiary/aromatic N) is 3. The summed E-state index contributed by atoms with van der Waals surface area (Å²) in [6, 6.07) is 4.55. The molecule has 1 aromatic heterocycles.